The number of hydrogen-bond acceptors (Lipinski definition) is 4. The number of carbonyl (C=O) groups excluding carboxylic acids is 1. The second kappa shape index (κ2) is 16.1. The molecule has 4 nitrogen and oxygen atoms in total. The number of hydrogen-bond donors (Lipinski definition) is 0. The van der Waals surface area contributed by atoms with Crippen molar-refractivity contribution in [2.24, 2.45) is 5.92 Å². The van der Waals surface area contributed by atoms with E-state index in [1.165, 1.54) is 0 Å². The van der Waals surface area contributed by atoms with E-state index in [0.29, 0.717) is 0 Å². The van der Waals surface area contributed by atoms with Crippen molar-refractivity contribution >= 4 is 45.2 Å². The molecule has 0 aliphatic rings. The minimum atomic E-state index is -2.10. The molecule has 0 radical (unpaired) electrons. The highest BCUT2D eigenvalue weighted by molar-refractivity contribution is 14.1. The largest absolute Gasteiger partial charge is 0.457 e. The highest BCUT2D eigenvalue weighted by Gasteiger charge is 2.41. The summed E-state index contributed by atoms with van der Waals surface area (Å²) in [6, 6.07) is 3.32. The van der Waals surface area contributed by atoms with Gasteiger partial charge >= 0.3 is 5.97 Å². The van der Waals surface area contributed by atoms with E-state index in [0.717, 1.165) is 43.0 Å². The molecule has 4 atom stereocenters. The third-order valence-corrected chi connectivity index (χ3v) is 18.7. The molecule has 0 amide bonds. The van der Waals surface area contributed by atoms with Crippen LogP contribution in [0.15, 0.2) is 35.0 Å². The Bertz CT molecular complexity index is 747. The second-order valence-corrected chi connectivity index (χ2v) is 22.5. The van der Waals surface area contributed by atoms with Crippen LogP contribution in [-0.2, 0) is 18.4 Å². The molecule has 0 aliphatic heterocycles. The van der Waals surface area contributed by atoms with Gasteiger partial charge in [-0.3, -0.25) is 4.79 Å². The normalized spacial score (nSPS) is 17.5. The van der Waals surface area contributed by atoms with Crippen LogP contribution < -0.4 is 0 Å². The van der Waals surface area contributed by atoms with E-state index in [-0.39, 0.29) is 41.2 Å². The maximum absolute atomic E-state index is 13.3. The Hall–Kier alpha value is -0.226. The van der Waals surface area contributed by atoms with Crippen LogP contribution in [0.5, 0.6) is 0 Å². The highest BCUT2D eigenvalue weighted by Crippen LogP contribution is 2.39. The fourth-order valence-corrected chi connectivity index (χ4v) is 9.33. The number of carbonyl (C=O) groups is 1. The molecule has 0 saturated heterocycles. The summed E-state index contributed by atoms with van der Waals surface area (Å²) in [7, 11) is -3.92. The van der Waals surface area contributed by atoms with E-state index in [1.807, 2.05) is 30.1 Å². The van der Waals surface area contributed by atoms with Crippen molar-refractivity contribution in [2.75, 3.05) is 0 Å². The van der Waals surface area contributed by atoms with Gasteiger partial charge in [-0.15, -0.1) is 13.2 Å². The summed E-state index contributed by atoms with van der Waals surface area (Å²) in [5.74, 6) is -0.181. The Morgan fingerprint density at radius 2 is 1.59 bits per heavy atom. The molecule has 216 valence electrons. The molecule has 0 aromatic rings. The fourth-order valence-electron chi connectivity index (χ4n) is 4.43. The molecule has 0 aromatic carbocycles. The van der Waals surface area contributed by atoms with Gasteiger partial charge in [0.05, 0.1) is 18.1 Å². The number of ether oxygens (including phenoxy) is 1. The quantitative estimate of drug-likeness (QED) is 0.0633. The van der Waals surface area contributed by atoms with E-state index in [4.69, 9.17) is 13.6 Å². The molecule has 1 unspecified atom stereocenters. The highest BCUT2D eigenvalue weighted by atomic mass is 127. The van der Waals surface area contributed by atoms with Gasteiger partial charge in [0.25, 0.3) is 0 Å². The minimum absolute atomic E-state index is 0.0363. The maximum atomic E-state index is 13.3. The van der Waals surface area contributed by atoms with Gasteiger partial charge in [0, 0.05) is 5.92 Å². The monoisotopic (exact) mass is 664 g/mol. The Labute approximate surface area is 245 Å². The Morgan fingerprint density at radius 3 is 2.00 bits per heavy atom. The van der Waals surface area contributed by atoms with E-state index in [9.17, 15) is 4.79 Å². The average molecular weight is 665 g/mol. The minimum Gasteiger partial charge on any atom is -0.457 e. The molecule has 0 aliphatic carbocycles. The van der Waals surface area contributed by atoms with Gasteiger partial charge < -0.3 is 13.6 Å². The van der Waals surface area contributed by atoms with Crippen molar-refractivity contribution < 1.29 is 18.4 Å². The lowest BCUT2D eigenvalue weighted by Crippen LogP contribution is -2.47. The third kappa shape index (κ3) is 11.8. The summed E-state index contributed by atoms with van der Waals surface area (Å²) in [5.41, 5.74) is 0.713. The van der Waals surface area contributed by atoms with Crippen molar-refractivity contribution in [3.8, 4) is 0 Å². The van der Waals surface area contributed by atoms with Crippen molar-refractivity contribution in [3.05, 3.63) is 35.0 Å². The predicted octanol–water partition coefficient (Wildman–Crippen LogP) is 9.98. The van der Waals surface area contributed by atoms with Crippen LogP contribution in [0, 0.1) is 5.92 Å². The summed E-state index contributed by atoms with van der Waals surface area (Å²) in [5, 5.41) is 0.0468. The standard InChI is InChI=1S/C30H57IO4Si2/c1-14-20-30(11,35-37(16-3,17-4)18-5)21-19-26(34-36(12,13)29(8,9)10)22-27(32)33-28(24(6)15-2)25(7)23-31/h14-15,23-24,26,28H,1-2,16-22H2,3-13H3/b25-23+/t24-,26+,28-,30?/m0/s1. The van der Waals surface area contributed by atoms with Crippen molar-refractivity contribution in [1.82, 2.24) is 0 Å². The van der Waals surface area contributed by atoms with Gasteiger partial charge in [-0.1, -0.05) is 83.2 Å². The van der Waals surface area contributed by atoms with Crippen LogP contribution in [0.1, 0.15) is 88.0 Å². The zero-order chi connectivity index (χ0) is 29.1. The summed E-state index contributed by atoms with van der Waals surface area (Å²) in [6.07, 6.45) is 5.88. The molecule has 0 saturated carbocycles. The predicted molar refractivity (Wildman–Crippen MR) is 174 cm³/mol. The molecule has 0 rings (SSSR count). The van der Waals surface area contributed by atoms with Crippen molar-refractivity contribution in [1.29, 1.82) is 0 Å². The summed E-state index contributed by atoms with van der Waals surface area (Å²) >= 11 is 2.20. The lowest BCUT2D eigenvalue weighted by atomic mass is 9.94. The van der Waals surface area contributed by atoms with Gasteiger partial charge in [0.1, 0.15) is 6.10 Å². The van der Waals surface area contributed by atoms with Crippen LogP contribution in [0.25, 0.3) is 0 Å². The molecule has 37 heavy (non-hydrogen) atoms. The topological polar surface area (TPSA) is 44.8 Å². The first-order valence-electron chi connectivity index (χ1n) is 14.1. The summed E-state index contributed by atoms with van der Waals surface area (Å²) in [6.45, 7) is 32.2. The van der Waals surface area contributed by atoms with Gasteiger partial charge in [0.2, 0.25) is 0 Å². The SMILES string of the molecule is C=CCC(C)(CC[C@H](CC(=O)O[C@H](/C(C)=C/I)[C@@H](C)C=C)O[Si](C)(C)C(C)(C)C)O[Si](CC)(CC)CC. The van der Waals surface area contributed by atoms with Crippen molar-refractivity contribution in [2.45, 2.75) is 142 Å². The average Bonchev–Trinajstić information content (AvgIpc) is 2.83. The van der Waals surface area contributed by atoms with Gasteiger partial charge in [0.15, 0.2) is 16.6 Å². The summed E-state index contributed by atoms with van der Waals surface area (Å²) in [4.78, 5) is 13.3. The number of rotatable bonds is 18. The van der Waals surface area contributed by atoms with E-state index < -0.39 is 16.6 Å². The van der Waals surface area contributed by atoms with E-state index in [1.54, 1.807) is 0 Å². The molecule has 0 bridgehead atoms. The third-order valence-electron chi connectivity index (χ3n) is 8.36. The first-order valence-corrected chi connectivity index (χ1v) is 20.7. The van der Waals surface area contributed by atoms with Crippen LogP contribution >= 0.6 is 22.6 Å². The molecule has 0 fully saturated rings. The van der Waals surface area contributed by atoms with E-state index in [2.05, 4.69) is 97.3 Å². The van der Waals surface area contributed by atoms with Crippen LogP contribution in [0.2, 0.25) is 36.3 Å². The molecule has 0 aromatic heterocycles. The molecular formula is C30H57IO4Si2. The van der Waals surface area contributed by atoms with Gasteiger partial charge in [-0.05, 0) is 79.0 Å². The molecule has 0 spiro atoms. The summed E-state index contributed by atoms with van der Waals surface area (Å²) < 4.78 is 21.8. The smallest absolute Gasteiger partial charge is 0.308 e. The number of esters is 1. The zero-order valence-electron chi connectivity index (χ0n) is 25.8. The number of halogens is 1. The second-order valence-electron chi connectivity index (χ2n) is 12.4. The van der Waals surface area contributed by atoms with Crippen LogP contribution in [0.3, 0.4) is 0 Å². The Morgan fingerprint density at radius 1 is 1.05 bits per heavy atom. The molecule has 7 heteroatoms. The Balaban J connectivity index is 5.96. The first-order chi connectivity index (χ1) is 17.0. The zero-order valence-corrected chi connectivity index (χ0v) is 30.0. The van der Waals surface area contributed by atoms with Crippen LogP contribution in [0.4, 0.5) is 0 Å². The van der Waals surface area contributed by atoms with Crippen LogP contribution in [-0.4, -0.2) is 40.4 Å². The first kappa shape index (κ1) is 36.8. The van der Waals surface area contributed by atoms with Gasteiger partial charge in [-0.25, -0.2) is 0 Å². The van der Waals surface area contributed by atoms with Gasteiger partial charge in [-0.2, -0.15) is 0 Å². The molecule has 0 heterocycles. The maximum Gasteiger partial charge on any atom is 0.308 e. The van der Waals surface area contributed by atoms with E-state index >= 15 is 0 Å². The molecule has 0 N–H and O–H groups in total. The molecular weight excluding hydrogens is 607 g/mol. The lowest BCUT2D eigenvalue weighted by molar-refractivity contribution is -0.151. The fraction of sp³-hybridized carbons (Fsp3) is 0.767. The van der Waals surface area contributed by atoms with Crippen molar-refractivity contribution in [3.63, 3.8) is 0 Å². The lowest BCUT2D eigenvalue weighted by Gasteiger charge is -2.42. The Kier molecular flexibility index (Phi) is 16.0.